The lowest BCUT2D eigenvalue weighted by Gasteiger charge is -2.01. The summed E-state index contributed by atoms with van der Waals surface area (Å²) in [5.74, 6) is 1.51. The topological polar surface area (TPSA) is 136 Å². The van der Waals surface area contributed by atoms with E-state index in [1.807, 2.05) is 0 Å². The van der Waals surface area contributed by atoms with Crippen molar-refractivity contribution in [1.82, 2.24) is 0 Å². The van der Waals surface area contributed by atoms with Crippen LogP contribution in [0.5, 0.6) is 11.5 Å². The van der Waals surface area contributed by atoms with Crippen LogP contribution in [0.4, 0.5) is 0 Å². The van der Waals surface area contributed by atoms with E-state index >= 15 is 0 Å². The van der Waals surface area contributed by atoms with Gasteiger partial charge in [0.25, 0.3) is 0 Å². The second kappa shape index (κ2) is 9.57. The molecule has 0 spiro atoms. The summed E-state index contributed by atoms with van der Waals surface area (Å²) in [4.78, 5) is 0. The molecule has 2 aromatic rings. The number of benzene rings is 2. The van der Waals surface area contributed by atoms with E-state index in [9.17, 15) is 0 Å². The molecule has 0 heterocycles. The molecule has 0 aliphatic carbocycles. The number of nitrogens with two attached hydrogens (primary N) is 2. The molecule has 2 rings (SSSR count). The average Bonchev–Trinajstić information content (AvgIpc) is 2.67. The molecular formula is C16H20N4O4. The summed E-state index contributed by atoms with van der Waals surface area (Å²) in [6, 6.07) is 14.0. The lowest BCUT2D eigenvalue weighted by atomic mass is 10.2. The molecular weight excluding hydrogens is 312 g/mol. The van der Waals surface area contributed by atoms with Crippen molar-refractivity contribution in [2.75, 3.05) is 14.2 Å². The Morgan fingerprint density at radius 3 is 1.46 bits per heavy atom. The van der Waals surface area contributed by atoms with Crippen LogP contribution < -0.4 is 20.9 Å². The lowest BCUT2D eigenvalue weighted by Crippen LogP contribution is -2.12. The molecule has 0 saturated heterocycles. The molecule has 0 aliphatic heterocycles. The maximum absolute atomic E-state index is 8.37. The first-order valence-corrected chi connectivity index (χ1v) is 6.79. The van der Waals surface area contributed by atoms with Crippen LogP contribution in [0.25, 0.3) is 0 Å². The predicted molar refractivity (Wildman–Crippen MR) is 91.0 cm³/mol. The van der Waals surface area contributed by atoms with Crippen LogP contribution >= 0.6 is 0 Å². The molecule has 0 radical (unpaired) electrons. The standard InChI is InChI=1S/2C8H10N2O2/c2*1-12-7-4-2-3-6(5-7)8(9)10-11/h2*2-5,11H,1H3,(H2,9,10). The van der Waals surface area contributed by atoms with Gasteiger partial charge in [-0.2, -0.15) is 0 Å². The molecule has 0 amide bonds. The van der Waals surface area contributed by atoms with Crippen molar-refractivity contribution in [3.05, 3.63) is 59.7 Å². The van der Waals surface area contributed by atoms with Crippen molar-refractivity contribution in [3.8, 4) is 11.5 Å². The molecule has 0 fully saturated rings. The van der Waals surface area contributed by atoms with E-state index in [1.165, 1.54) is 0 Å². The number of rotatable bonds is 4. The molecule has 8 heteroatoms. The number of amidine groups is 2. The lowest BCUT2D eigenvalue weighted by molar-refractivity contribution is 0.318. The Morgan fingerprint density at radius 2 is 1.17 bits per heavy atom. The molecule has 2 aromatic carbocycles. The molecule has 0 saturated carbocycles. The maximum Gasteiger partial charge on any atom is 0.170 e. The van der Waals surface area contributed by atoms with E-state index in [1.54, 1.807) is 62.8 Å². The van der Waals surface area contributed by atoms with Crippen LogP contribution in [-0.2, 0) is 0 Å². The third-order valence-corrected chi connectivity index (χ3v) is 2.95. The van der Waals surface area contributed by atoms with Crippen molar-refractivity contribution in [2.45, 2.75) is 0 Å². The molecule has 128 valence electrons. The number of hydrogen-bond acceptors (Lipinski definition) is 6. The fraction of sp³-hybridized carbons (Fsp3) is 0.125. The highest BCUT2D eigenvalue weighted by molar-refractivity contribution is 5.97. The van der Waals surface area contributed by atoms with Crippen LogP contribution in [0.2, 0.25) is 0 Å². The zero-order valence-corrected chi connectivity index (χ0v) is 13.4. The van der Waals surface area contributed by atoms with Crippen LogP contribution in [0, 0.1) is 0 Å². The Balaban J connectivity index is 0.000000240. The minimum atomic E-state index is 0.0777. The Labute approximate surface area is 139 Å². The molecule has 0 bridgehead atoms. The number of ether oxygens (including phenoxy) is 2. The van der Waals surface area contributed by atoms with Gasteiger partial charge in [-0.1, -0.05) is 34.6 Å². The van der Waals surface area contributed by atoms with Gasteiger partial charge in [-0.15, -0.1) is 0 Å². The van der Waals surface area contributed by atoms with Gasteiger partial charge in [0, 0.05) is 11.1 Å². The molecule has 0 atom stereocenters. The van der Waals surface area contributed by atoms with Crippen LogP contribution in [0.3, 0.4) is 0 Å². The largest absolute Gasteiger partial charge is 0.497 e. The summed E-state index contributed by atoms with van der Waals surface area (Å²) in [5.41, 5.74) is 12.0. The third-order valence-electron chi connectivity index (χ3n) is 2.95. The smallest absolute Gasteiger partial charge is 0.170 e. The van der Waals surface area contributed by atoms with Crippen LogP contribution in [0.15, 0.2) is 58.8 Å². The van der Waals surface area contributed by atoms with Crippen molar-refractivity contribution < 1.29 is 19.9 Å². The highest BCUT2D eigenvalue weighted by Gasteiger charge is 2.00. The molecule has 8 nitrogen and oxygen atoms in total. The van der Waals surface area contributed by atoms with E-state index in [0.717, 1.165) is 0 Å². The van der Waals surface area contributed by atoms with Gasteiger partial charge < -0.3 is 31.4 Å². The van der Waals surface area contributed by atoms with E-state index in [0.29, 0.717) is 22.6 Å². The predicted octanol–water partition coefficient (Wildman–Crippen LogP) is 1.58. The quantitative estimate of drug-likeness (QED) is 0.290. The van der Waals surface area contributed by atoms with E-state index < -0.39 is 0 Å². The van der Waals surface area contributed by atoms with Gasteiger partial charge in [0.1, 0.15) is 11.5 Å². The van der Waals surface area contributed by atoms with Crippen LogP contribution in [-0.4, -0.2) is 36.3 Å². The van der Waals surface area contributed by atoms with Gasteiger partial charge in [0.2, 0.25) is 0 Å². The van der Waals surface area contributed by atoms with Crippen molar-refractivity contribution >= 4 is 11.7 Å². The van der Waals surface area contributed by atoms with Gasteiger partial charge in [-0.3, -0.25) is 0 Å². The average molecular weight is 332 g/mol. The second-order valence-electron chi connectivity index (χ2n) is 4.43. The summed E-state index contributed by atoms with van der Waals surface area (Å²) < 4.78 is 9.91. The fourth-order valence-electron chi connectivity index (χ4n) is 1.68. The highest BCUT2D eigenvalue weighted by atomic mass is 16.5. The molecule has 6 N–H and O–H groups in total. The SMILES string of the molecule is COc1cccc(/C(N)=N/O)c1.COc1cccc(/C(N)=N/O)c1. The summed E-state index contributed by atoms with van der Waals surface area (Å²) in [5, 5.41) is 22.5. The first kappa shape index (κ1) is 18.6. The molecule has 0 unspecified atom stereocenters. The first-order valence-electron chi connectivity index (χ1n) is 6.79. The first-order chi connectivity index (χ1) is 11.5. The number of methoxy groups -OCH3 is 2. The van der Waals surface area contributed by atoms with E-state index in [-0.39, 0.29) is 11.7 Å². The maximum atomic E-state index is 8.37. The monoisotopic (exact) mass is 332 g/mol. The third kappa shape index (κ3) is 5.41. The molecule has 0 aliphatic rings. The summed E-state index contributed by atoms with van der Waals surface area (Å²) in [6.07, 6.45) is 0. The number of hydrogen-bond donors (Lipinski definition) is 4. The Hall–Kier alpha value is -3.42. The summed E-state index contributed by atoms with van der Waals surface area (Å²) >= 11 is 0. The highest BCUT2D eigenvalue weighted by Crippen LogP contribution is 2.12. The Bertz CT molecular complexity index is 655. The Morgan fingerprint density at radius 1 is 0.792 bits per heavy atom. The zero-order valence-electron chi connectivity index (χ0n) is 13.4. The Kier molecular flexibility index (Phi) is 7.43. The normalized spacial score (nSPS) is 11.2. The minimum absolute atomic E-state index is 0.0777. The van der Waals surface area contributed by atoms with E-state index in [2.05, 4.69) is 10.3 Å². The van der Waals surface area contributed by atoms with Crippen molar-refractivity contribution in [1.29, 1.82) is 0 Å². The zero-order chi connectivity index (χ0) is 17.9. The van der Waals surface area contributed by atoms with Gasteiger partial charge >= 0.3 is 0 Å². The van der Waals surface area contributed by atoms with Crippen LogP contribution in [0.1, 0.15) is 11.1 Å². The minimum Gasteiger partial charge on any atom is -0.497 e. The molecule has 24 heavy (non-hydrogen) atoms. The summed E-state index contributed by atoms with van der Waals surface area (Å²) in [6.45, 7) is 0. The summed E-state index contributed by atoms with van der Waals surface area (Å²) in [7, 11) is 3.12. The van der Waals surface area contributed by atoms with Gasteiger partial charge in [0.15, 0.2) is 11.7 Å². The van der Waals surface area contributed by atoms with Crippen molar-refractivity contribution in [3.63, 3.8) is 0 Å². The van der Waals surface area contributed by atoms with Crippen molar-refractivity contribution in [2.24, 2.45) is 21.8 Å². The van der Waals surface area contributed by atoms with Gasteiger partial charge in [-0.05, 0) is 24.3 Å². The number of oxime groups is 2. The second-order valence-corrected chi connectivity index (χ2v) is 4.43. The fourth-order valence-corrected chi connectivity index (χ4v) is 1.68. The van der Waals surface area contributed by atoms with E-state index in [4.69, 9.17) is 31.4 Å². The van der Waals surface area contributed by atoms with Gasteiger partial charge in [-0.25, -0.2) is 0 Å². The molecule has 0 aromatic heterocycles. The number of nitrogens with zero attached hydrogens (tertiary/aromatic N) is 2. The van der Waals surface area contributed by atoms with Gasteiger partial charge in [0.05, 0.1) is 14.2 Å².